The fraction of sp³-hybridized carbons (Fsp3) is 0.350. The number of carbonyl (C=O) groups excluding carboxylic acids is 1. The van der Waals surface area contributed by atoms with Gasteiger partial charge in [-0.25, -0.2) is 8.42 Å². The van der Waals surface area contributed by atoms with E-state index in [2.05, 4.69) is 22.3 Å². The van der Waals surface area contributed by atoms with Crippen LogP contribution in [0.25, 0.3) is 0 Å². The predicted molar refractivity (Wildman–Crippen MR) is 114 cm³/mol. The van der Waals surface area contributed by atoms with Gasteiger partial charge in [-0.15, -0.1) is 12.4 Å². The standard InChI is InChI=1S/C20H25N3O3S.ClH/c1-14-7-9-17(10-8-14)27(25,26)23-19-6-4-3-5-18(19)20(24)22-16-11-12-21-15(2)13-16;/h3-10,15-16,21,23H,11-13H2,1-2H3,(H,22,24);1H. The lowest BCUT2D eigenvalue weighted by Gasteiger charge is -2.28. The molecule has 2 atom stereocenters. The Hall–Kier alpha value is -2.09. The Balaban J connectivity index is 0.00000280. The van der Waals surface area contributed by atoms with Crippen molar-refractivity contribution < 1.29 is 13.2 Å². The molecule has 1 saturated heterocycles. The summed E-state index contributed by atoms with van der Waals surface area (Å²) in [6.45, 7) is 4.83. The second-order valence-corrected chi connectivity index (χ2v) is 8.70. The van der Waals surface area contributed by atoms with Gasteiger partial charge in [-0.1, -0.05) is 29.8 Å². The van der Waals surface area contributed by atoms with E-state index in [1.807, 2.05) is 6.92 Å². The second-order valence-electron chi connectivity index (χ2n) is 7.01. The number of benzene rings is 2. The first-order chi connectivity index (χ1) is 12.8. The molecule has 0 spiro atoms. The Morgan fingerprint density at radius 2 is 1.79 bits per heavy atom. The van der Waals surface area contributed by atoms with Crippen molar-refractivity contribution in [2.45, 2.75) is 43.7 Å². The molecule has 0 radical (unpaired) electrons. The summed E-state index contributed by atoms with van der Waals surface area (Å²) >= 11 is 0. The van der Waals surface area contributed by atoms with Gasteiger partial charge in [-0.3, -0.25) is 9.52 Å². The Labute approximate surface area is 172 Å². The number of halogens is 1. The summed E-state index contributed by atoms with van der Waals surface area (Å²) < 4.78 is 27.9. The molecule has 152 valence electrons. The zero-order valence-electron chi connectivity index (χ0n) is 15.9. The number of rotatable bonds is 5. The quantitative estimate of drug-likeness (QED) is 0.689. The summed E-state index contributed by atoms with van der Waals surface area (Å²) in [5.74, 6) is -0.267. The van der Waals surface area contributed by atoms with Crippen LogP contribution in [0, 0.1) is 6.92 Å². The van der Waals surface area contributed by atoms with Crippen molar-refractivity contribution >= 4 is 34.0 Å². The molecule has 0 aliphatic carbocycles. The molecule has 0 bridgehead atoms. The van der Waals surface area contributed by atoms with E-state index >= 15 is 0 Å². The first kappa shape index (κ1) is 22.2. The van der Waals surface area contributed by atoms with E-state index in [0.717, 1.165) is 24.9 Å². The van der Waals surface area contributed by atoms with Crippen LogP contribution in [0.3, 0.4) is 0 Å². The smallest absolute Gasteiger partial charge is 0.261 e. The molecule has 1 aliphatic heterocycles. The van der Waals surface area contributed by atoms with Gasteiger partial charge in [0.25, 0.3) is 15.9 Å². The van der Waals surface area contributed by atoms with Crippen LogP contribution in [0.15, 0.2) is 53.4 Å². The number of carbonyl (C=O) groups is 1. The van der Waals surface area contributed by atoms with Crippen molar-refractivity contribution in [3.63, 3.8) is 0 Å². The molecule has 2 unspecified atom stereocenters. The van der Waals surface area contributed by atoms with Crippen LogP contribution in [0.1, 0.15) is 35.7 Å². The zero-order chi connectivity index (χ0) is 19.4. The van der Waals surface area contributed by atoms with Gasteiger partial charge in [-0.05, 0) is 57.5 Å². The maximum absolute atomic E-state index is 12.7. The second kappa shape index (κ2) is 9.41. The van der Waals surface area contributed by atoms with Gasteiger partial charge in [-0.2, -0.15) is 0 Å². The first-order valence-electron chi connectivity index (χ1n) is 9.08. The Kier molecular flexibility index (Phi) is 7.46. The molecule has 2 aromatic rings. The number of piperidine rings is 1. The van der Waals surface area contributed by atoms with Crippen LogP contribution in [-0.4, -0.2) is 33.0 Å². The van der Waals surface area contributed by atoms with Crippen molar-refractivity contribution in [1.82, 2.24) is 10.6 Å². The molecule has 3 rings (SSSR count). The van der Waals surface area contributed by atoms with Crippen LogP contribution in [-0.2, 0) is 10.0 Å². The van der Waals surface area contributed by atoms with Gasteiger partial charge >= 0.3 is 0 Å². The van der Waals surface area contributed by atoms with E-state index in [1.54, 1.807) is 48.5 Å². The number of sulfonamides is 1. The molecule has 1 heterocycles. The monoisotopic (exact) mass is 423 g/mol. The van der Waals surface area contributed by atoms with E-state index in [9.17, 15) is 13.2 Å². The van der Waals surface area contributed by atoms with E-state index in [1.165, 1.54) is 0 Å². The van der Waals surface area contributed by atoms with Gasteiger partial charge in [0.2, 0.25) is 0 Å². The molecule has 1 fully saturated rings. The number of para-hydroxylation sites is 1. The van der Waals surface area contributed by atoms with Crippen molar-refractivity contribution in [2.75, 3.05) is 11.3 Å². The molecule has 3 N–H and O–H groups in total. The van der Waals surface area contributed by atoms with Crippen molar-refractivity contribution in [2.24, 2.45) is 0 Å². The lowest BCUT2D eigenvalue weighted by atomic mass is 10.00. The van der Waals surface area contributed by atoms with Gasteiger partial charge in [0.15, 0.2) is 0 Å². The number of amides is 1. The molecule has 8 heteroatoms. The Morgan fingerprint density at radius 3 is 2.46 bits per heavy atom. The van der Waals surface area contributed by atoms with Crippen LogP contribution in [0.2, 0.25) is 0 Å². The highest BCUT2D eigenvalue weighted by Gasteiger charge is 2.23. The summed E-state index contributed by atoms with van der Waals surface area (Å²) in [5.41, 5.74) is 1.57. The normalized spacial score (nSPS) is 19.4. The average Bonchev–Trinajstić information content (AvgIpc) is 2.62. The van der Waals surface area contributed by atoms with Crippen LogP contribution >= 0.6 is 12.4 Å². The molecular weight excluding hydrogens is 398 g/mol. The van der Waals surface area contributed by atoms with Gasteiger partial charge in [0.05, 0.1) is 16.1 Å². The molecule has 0 saturated carbocycles. The molecule has 1 amide bonds. The highest BCUT2D eigenvalue weighted by molar-refractivity contribution is 7.92. The molecule has 0 aromatic heterocycles. The highest BCUT2D eigenvalue weighted by atomic mass is 35.5. The SMILES string of the molecule is Cc1ccc(S(=O)(=O)Nc2ccccc2C(=O)NC2CCNC(C)C2)cc1.Cl. The van der Waals surface area contributed by atoms with Crippen LogP contribution < -0.4 is 15.4 Å². The summed E-state index contributed by atoms with van der Waals surface area (Å²) in [6, 6.07) is 13.7. The maximum Gasteiger partial charge on any atom is 0.261 e. The number of nitrogens with one attached hydrogen (secondary N) is 3. The van der Waals surface area contributed by atoms with Crippen LogP contribution in [0.5, 0.6) is 0 Å². The van der Waals surface area contributed by atoms with E-state index in [0.29, 0.717) is 11.6 Å². The zero-order valence-corrected chi connectivity index (χ0v) is 17.6. The Bertz CT molecular complexity index is 917. The largest absolute Gasteiger partial charge is 0.349 e. The molecular formula is C20H26ClN3O3S. The summed E-state index contributed by atoms with van der Waals surface area (Å²) in [4.78, 5) is 12.9. The van der Waals surface area contributed by atoms with Crippen LogP contribution in [0.4, 0.5) is 5.69 Å². The molecule has 28 heavy (non-hydrogen) atoms. The topological polar surface area (TPSA) is 87.3 Å². The first-order valence-corrected chi connectivity index (χ1v) is 10.6. The molecule has 2 aromatic carbocycles. The van der Waals surface area contributed by atoms with Crippen molar-refractivity contribution in [3.8, 4) is 0 Å². The fourth-order valence-corrected chi connectivity index (χ4v) is 4.30. The van der Waals surface area contributed by atoms with E-state index in [-0.39, 0.29) is 34.9 Å². The molecule has 1 aliphatic rings. The highest BCUT2D eigenvalue weighted by Crippen LogP contribution is 2.21. The minimum Gasteiger partial charge on any atom is -0.349 e. The van der Waals surface area contributed by atoms with Crippen molar-refractivity contribution in [3.05, 3.63) is 59.7 Å². The number of aryl methyl sites for hydroxylation is 1. The van der Waals surface area contributed by atoms with Gasteiger partial charge in [0.1, 0.15) is 0 Å². The Morgan fingerprint density at radius 1 is 1.11 bits per heavy atom. The summed E-state index contributed by atoms with van der Waals surface area (Å²) in [6.07, 6.45) is 1.70. The third-order valence-corrected chi connectivity index (χ3v) is 6.09. The summed E-state index contributed by atoms with van der Waals surface area (Å²) in [7, 11) is -3.77. The fourth-order valence-electron chi connectivity index (χ4n) is 3.22. The van der Waals surface area contributed by atoms with Gasteiger partial charge in [0, 0.05) is 12.1 Å². The minimum absolute atomic E-state index is 0. The van der Waals surface area contributed by atoms with E-state index < -0.39 is 10.0 Å². The third kappa shape index (κ3) is 5.47. The minimum atomic E-state index is -3.77. The van der Waals surface area contributed by atoms with Gasteiger partial charge < -0.3 is 10.6 Å². The number of hydrogen-bond donors (Lipinski definition) is 3. The summed E-state index contributed by atoms with van der Waals surface area (Å²) in [5, 5.41) is 6.37. The number of anilines is 1. The van der Waals surface area contributed by atoms with E-state index in [4.69, 9.17) is 0 Å². The van der Waals surface area contributed by atoms with Crippen molar-refractivity contribution in [1.29, 1.82) is 0 Å². The third-order valence-electron chi connectivity index (χ3n) is 4.71. The lowest BCUT2D eigenvalue weighted by Crippen LogP contribution is -2.46. The average molecular weight is 424 g/mol. The predicted octanol–water partition coefficient (Wildman–Crippen LogP) is 3.09. The number of hydrogen-bond acceptors (Lipinski definition) is 4. The molecule has 6 nitrogen and oxygen atoms in total. The lowest BCUT2D eigenvalue weighted by molar-refractivity contribution is 0.0926. The maximum atomic E-state index is 12.7.